The van der Waals surface area contributed by atoms with Gasteiger partial charge in [0.05, 0.1) is 0 Å². The molecular weight excluding hydrogens is 302 g/mol. The van der Waals surface area contributed by atoms with Crippen LogP contribution in [-0.2, 0) is 0 Å². The number of hydrogen-bond donors (Lipinski definition) is 0. The molecule has 0 saturated heterocycles. The van der Waals surface area contributed by atoms with Crippen LogP contribution in [0.15, 0.2) is 47.1 Å². The topological polar surface area (TPSA) is 41.1 Å². The molecule has 2 aromatic heterocycles. The van der Waals surface area contributed by atoms with Crippen molar-refractivity contribution in [2.75, 3.05) is 0 Å². The van der Waals surface area contributed by atoms with E-state index in [-0.39, 0.29) is 0 Å². The van der Waals surface area contributed by atoms with Crippen LogP contribution in [0.25, 0.3) is 16.9 Å². The van der Waals surface area contributed by atoms with E-state index in [1.54, 1.807) is 0 Å². The van der Waals surface area contributed by atoms with Gasteiger partial charge in [0.15, 0.2) is 5.69 Å². The SMILES string of the molecule is Cc1cccn2c(C#N)c(-c3ccc(Br)cc3)nc12. The third kappa shape index (κ3) is 1.92. The Hall–Kier alpha value is -2.12. The fourth-order valence-corrected chi connectivity index (χ4v) is 2.38. The van der Waals surface area contributed by atoms with E-state index < -0.39 is 0 Å². The molecule has 0 N–H and O–H groups in total. The molecule has 0 aliphatic heterocycles. The first kappa shape index (κ1) is 11.9. The van der Waals surface area contributed by atoms with Crippen molar-refractivity contribution in [3.05, 3.63) is 58.3 Å². The summed E-state index contributed by atoms with van der Waals surface area (Å²) in [6.07, 6.45) is 1.87. The maximum absolute atomic E-state index is 9.39. The van der Waals surface area contributed by atoms with Crippen LogP contribution in [0.5, 0.6) is 0 Å². The second-order valence-electron chi connectivity index (χ2n) is 4.31. The molecule has 0 atom stereocenters. The number of nitrogens with zero attached hydrogens (tertiary/aromatic N) is 3. The smallest absolute Gasteiger partial charge is 0.152 e. The lowest BCUT2D eigenvalue weighted by molar-refractivity contribution is 1.14. The maximum atomic E-state index is 9.39. The Kier molecular flexibility index (Phi) is 2.84. The number of halogens is 1. The number of fused-ring (bicyclic) bond motifs is 1. The molecule has 0 spiro atoms. The van der Waals surface area contributed by atoms with Crippen molar-refractivity contribution < 1.29 is 0 Å². The zero-order valence-corrected chi connectivity index (χ0v) is 11.8. The van der Waals surface area contributed by atoms with Crippen molar-refractivity contribution in [3.8, 4) is 17.3 Å². The number of rotatable bonds is 1. The minimum atomic E-state index is 0.570. The normalized spacial score (nSPS) is 10.6. The van der Waals surface area contributed by atoms with Crippen LogP contribution >= 0.6 is 15.9 Å². The summed E-state index contributed by atoms with van der Waals surface area (Å²) in [5, 5.41) is 9.39. The number of hydrogen-bond acceptors (Lipinski definition) is 2. The molecule has 4 heteroatoms. The second kappa shape index (κ2) is 4.52. The van der Waals surface area contributed by atoms with Crippen molar-refractivity contribution >= 4 is 21.6 Å². The molecule has 0 aliphatic rings. The predicted molar refractivity (Wildman–Crippen MR) is 77.8 cm³/mol. The van der Waals surface area contributed by atoms with Gasteiger partial charge in [-0.15, -0.1) is 0 Å². The predicted octanol–water partition coefficient (Wildman–Crippen LogP) is 3.94. The van der Waals surface area contributed by atoms with Crippen molar-refractivity contribution in [1.82, 2.24) is 9.38 Å². The van der Waals surface area contributed by atoms with Crippen LogP contribution in [0, 0.1) is 18.3 Å². The molecule has 0 saturated carbocycles. The maximum Gasteiger partial charge on any atom is 0.152 e. The number of nitriles is 1. The highest BCUT2D eigenvalue weighted by atomic mass is 79.9. The first-order valence-electron chi connectivity index (χ1n) is 5.84. The van der Waals surface area contributed by atoms with E-state index in [0.29, 0.717) is 5.69 Å². The average Bonchev–Trinajstić information content (AvgIpc) is 2.79. The molecule has 0 bridgehead atoms. The zero-order chi connectivity index (χ0) is 13.4. The summed E-state index contributed by atoms with van der Waals surface area (Å²) < 4.78 is 2.85. The molecular formula is C15H10BrN3. The van der Waals surface area contributed by atoms with Gasteiger partial charge >= 0.3 is 0 Å². The summed E-state index contributed by atoms with van der Waals surface area (Å²) in [6, 6.07) is 14.0. The van der Waals surface area contributed by atoms with E-state index in [4.69, 9.17) is 0 Å². The van der Waals surface area contributed by atoms with E-state index in [2.05, 4.69) is 27.0 Å². The first-order chi connectivity index (χ1) is 9.20. The van der Waals surface area contributed by atoms with Gasteiger partial charge in [0.1, 0.15) is 17.4 Å². The van der Waals surface area contributed by atoms with Gasteiger partial charge < -0.3 is 0 Å². The van der Waals surface area contributed by atoms with Crippen LogP contribution < -0.4 is 0 Å². The molecule has 3 nitrogen and oxygen atoms in total. The Bertz CT molecular complexity index is 795. The van der Waals surface area contributed by atoms with E-state index in [1.807, 2.05) is 53.9 Å². The molecule has 0 aliphatic carbocycles. The van der Waals surface area contributed by atoms with Crippen LogP contribution in [0.2, 0.25) is 0 Å². The van der Waals surface area contributed by atoms with Crippen molar-refractivity contribution in [1.29, 1.82) is 5.26 Å². The van der Waals surface area contributed by atoms with Gasteiger partial charge in [0.2, 0.25) is 0 Å². The summed E-state index contributed by atoms with van der Waals surface area (Å²) in [7, 11) is 0. The number of aryl methyl sites for hydroxylation is 1. The number of aromatic nitrogens is 2. The molecule has 1 aromatic carbocycles. The summed E-state index contributed by atoms with van der Waals surface area (Å²) in [5.41, 5.74) is 4.13. The van der Waals surface area contributed by atoms with E-state index in [9.17, 15) is 5.26 Å². The molecule has 0 unspecified atom stereocenters. The quantitative estimate of drug-likeness (QED) is 0.683. The lowest BCUT2D eigenvalue weighted by atomic mass is 10.1. The standard InChI is InChI=1S/C15H10BrN3/c1-10-3-2-8-19-13(9-17)14(18-15(10)19)11-4-6-12(16)7-5-11/h2-8H,1H3. The van der Waals surface area contributed by atoms with Crippen LogP contribution in [0.4, 0.5) is 0 Å². The molecule has 3 rings (SSSR count). The van der Waals surface area contributed by atoms with Crippen molar-refractivity contribution in [3.63, 3.8) is 0 Å². The number of benzene rings is 1. The van der Waals surface area contributed by atoms with Crippen LogP contribution in [0.3, 0.4) is 0 Å². The average molecular weight is 312 g/mol. The highest BCUT2D eigenvalue weighted by Gasteiger charge is 2.14. The monoisotopic (exact) mass is 311 g/mol. The second-order valence-corrected chi connectivity index (χ2v) is 5.23. The summed E-state index contributed by atoms with van der Waals surface area (Å²) in [4.78, 5) is 4.61. The highest BCUT2D eigenvalue weighted by Crippen LogP contribution is 2.26. The van der Waals surface area contributed by atoms with Gasteiger partial charge in [0, 0.05) is 16.2 Å². The highest BCUT2D eigenvalue weighted by molar-refractivity contribution is 9.10. The lowest BCUT2D eigenvalue weighted by Crippen LogP contribution is -1.89. The molecule has 0 fully saturated rings. The van der Waals surface area contributed by atoms with Gasteiger partial charge in [-0.2, -0.15) is 5.26 Å². The Morgan fingerprint density at radius 3 is 2.63 bits per heavy atom. The molecule has 0 amide bonds. The molecule has 92 valence electrons. The summed E-state index contributed by atoms with van der Waals surface area (Å²) in [6.45, 7) is 1.99. The molecule has 3 aromatic rings. The molecule has 2 heterocycles. The van der Waals surface area contributed by atoms with Crippen LogP contribution in [-0.4, -0.2) is 9.38 Å². The van der Waals surface area contributed by atoms with Gasteiger partial charge in [-0.05, 0) is 30.7 Å². The number of imidazole rings is 1. The Labute approximate surface area is 119 Å². The Morgan fingerprint density at radius 1 is 1.21 bits per heavy atom. The zero-order valence-electron chi connectivity index (χ0n) is 10.3. The fraction of sp³-hybridized carbons (Fsp3) is 0.0667. The fourth-order valence-electron chi connectivity index (χ4n) is 2.12. The minimum absolute atomic E-state index is 0.570. The third-order valence-electron chi connectivity index (χ3n) is 3.07. The Balaban J connectivity index is 2.33. The van der Waals surface area contributed by atoms with E-state index in [1.165, 1.54) is 0 Å². The number of pyridine rings is 1. The summed E-state index contributed by atoms with van der Waals surface area (Å²) in [5.74, 6) is 0. The Morgan fingerprint density at radius 2 is 1.95 bits per heavy atom. The molecule has 19 heavy (non-hydrogen) atoms. The molecule has 0 radical (unpaired) electrons. The van der Waals surface area contributed by atoms with Gasteiger partial charge in [0.25, 0.3) is 0 Å². The summed E-state index contributed by atoms with van der Waals surface area (Å²) >= 11 is 3.41. The van der Waals surface area contributed by atoms with Gasteiger partial charge in [-0.3, -0.25) is 4.40 Å². The van der Waals surface area contributed by atoms with E-state index in [0.717, 1.165) is 26.9 Å². The van der Waals surface area contributed by atoms with Gasteiger partial charge in [-0.25, -0.2) is 4.98 Å². The third-order valence-corrected chi connectivity index (χ3v) is 3.60. The van der Waals surface area contributed by atoms with Crippen molar-refractivity contribution in [2.45, 2.75) is 6.92 Å². The first-order valence-corrected chi connectivity index (χ1v) is 6.63. The minimum Gasteiger partial charge on any atom is -0.291 e. The van der Waals surface area contributed by atoms with E-state index >= 15 is 0 Å². The van der Waals surface area contributed by atoms with Gasteiger partial charge in [-0.1, -0.05) is 34.1 Å². The largest absolute Gasteiger partial charge is 0.291 e. The van der Waals surface area contributed by atoms with Crippen molar-refractivity contribution in [2.24, 2.45) is 0 Å². The lowest BCUT2D eigenvalue weighted by Gasteiger charge is -1.98. The van der Waals surface area contributed by atoms with Crippen LogP contribution in [0.1, 0.15) is 11.3 Å².